The van der Waals surface area contributed by atoms with Gasteiger partial charge in [-0.1, -0.05) is 50.5 Å². The van der Waals surface area contributed by atoms with Crippen LogP contribution < -0.4 is 5.73 Å². The highest BCUT2D eigenvalue weighted by Gasteiger charge is 2.17. The molecule has 0 bridgehead atoms. The molecule has 1 aromatic rings. The van der Waals surface area contributed by atoms with Crippen molar-refractivity contribution < 1.29 is 4.79 Å². The summed E-state index contributed by atoms with van der Waals surface area (Å²) in [5, 5.41) is 0. The molecule has 0 amide bonds. The largest absolute Gasteiger partial charge is 0.330 e. The standard InChI is InChI=1S/C16H23NO/c1-12(11-17)16(18)15-9-7-14(8-10-15)13-5-3-2-4-6-13/h7-10,12-13H,2-6,11,17H2,1H3. The summed E-state index contributed by atoms with van der Waals surface area (Å²) in [4.78, 5) is 12.0. The third-order valence-electron chi connectivity index (χ3n) is 4.07. The van der Waals surface area contributed by atoms with E-state index in [1.807, 2.05) is 19.1 Å². The van der Waals surface area contributed by atoms with Crippen LogP contribution in [0.15, 0.2) is 24.3 Å². The highest BCUT2D eigenvalue weighted by Crippen LogP contribution is 2.32. The Labute approximate surface area is 110 Å². The van der Waals surface area contributed by atoms with Crippen molar-refractivity contribution in [3.8, 4) is 0 Å². The number of hydrogen-bond donors (Lipinski definition) is 1. The molecule has 18 heavy (non-hydrogen) atoms. The van der Waals surface area contributed by atoms with Gasteiger partial charge in [0, 0.05) is 18.0 Å². The van der Waals surface area contributed by atoms with Gasteiger partial charge < -0.3 is 5.73 Å². The molecule has 98 valence electrons. The summed E-state index contributed by atoms with van der Waals surface area (Å²) in [7, 11) is 0. The van der Waals surface area contributed by atoms with Crippen LogP contribution in [0.4, 0.5) is 0 Å². The fraction of sp³-hybridized carbons (Fsp3) is 0.562. The number of carbonyl (C=O) groups is 1. The molecule has 1 aliphatic carbocycles. The molecule has 1 fully saturated rings. The van der Waals surface area contributed by atoms with Crippen LogP contribution >= 0.6 is 0 Å². The van der Waals surface area contributed by atoms with Crippen LogP contribution in [0.2, 0.25) is 0 Å². The Bertz CT molecular complexity index is 390. The second kappa shape index (κ2) is 6.14. The summed E-state index contributed by atoms with van der Waals surface area (Å²) >= 11 is 0. The number of hydrogen-bond acceptors (Lipinski definition) is 2. The van der Waals surface area contributed by atoms with Crippen molar-refractivity contribution in [1.82, 2.24) is 0 Å². The Morgan fingerprint density at radius 2 is 1.83 bits per heavy atom. The van der Waals surface area contributed by atoms with Gasteiger partial charge in [0.1, 0.15) is 0 Å². The molecule has 1 aliphatic rings. The third-order valence-corrected chi connectivity index (χ3v) is 4.07. The van der Waals surface area contributed by atoms with Crippen LogP contribution in [0.25, 0.3) is 0 Å². The predicted octanol–water partition coefficient (Wildman–Crippen LogP) is 3.51. The first-order valence-corrected chi connectivity index (χ1v) is 7.06. The van der Waals surface area contributed by atoms with Crippen molar-refractivity contribution in [1.29, 1.82) is 0 Å². The van der Waals surface area contributed by atoms with Gasteiger partial charge in [-0.15, -0.1) is 0 Å². The van der Waals surface area contributed by atoms with Gasteiger partial charge >= 0.3 is 0 Å². The Morgan fingerprint density at radius 3 is 2.39 bits per heavy atom. The molecular formula is C16H23NO. The van der Waals surface area contributed by atoms with Crippen molar-refractivity contribution in [3.05, 3.63) is 35.4 Å². The van der Waals surface area contributed by atoms with Crippen LogP contribution in [0, 0.1) is 5.92 Å². The van der Waals surface area contributed by atoms with Crippen LogP contribution in [-0.2, 0) is 0 Å². The van der Waals surface area contributed by atoms with E-state index < -0.39 is 0 Å². The van der Waals surface area contributed by atoms with Gasteiger partial charge in [-0.3, -0.25) is 4.79 Å². The van der Waals surface area contributed by atoms with Crippen molar-refractivity contribution in [2.75, 3.05) is 6.54 Å². The molecule has 0 radical (unpaired) electrons. The first-order valence-electron chi connectivity index (χ1n) is 7.06. The lowest BCUT2D eigenvalue weighted by Gasteiger charge is -2.22. The summed E-state index contributed by atoms with van der Waals surface area (Å²) in [5.41, 5.74) is 7.73. The van der Waals surface area contributed by atoms with E-state index in [-0.39, 0.29) is 11.7 Å². The zero-order chi connectivity index (χ0) is 13.0. The summed E-state index contributed by atoms with van der Waals surface area (Å²) < 4.78 is 0. The Balaban J connectivity index is 2.07. The molecule has 1 unspecified atom stereocenters. The minimum absolute atomic E-state index is 0.0782. The lowest BCUT2D eigenvalue weighted by Crippen LogP contribution is -2.20. The van der Waals surface area contributed by atoms with E-state index in [9.17, 15) is 4.79 Å². The monoisotopic (exact) mass is 245 g/mol. The molecule has 0 spiro atoms. The first kappa shape index (κ1) is 13.3. The summed E-state index contributed by atoms with van der Waals surface area (Å²) in [6.45, 7) is 2.31. The molecular weight excluding hydrogens is 222 g/mol. The fourth-order valence-electron chi connectivity index (χ4n) is 2.75. The van der Waals surface area contributed by atoms with Gasteiger partial charge in [0.25, 0.3) is 0 Å². The first-order chi connectivity index (χ1) is 8.72. The van der Waals surface area contributed by atoms with Crippen LogP contribution in [0.5, 0.6) is 0 Å². The molecule has 0 aromatic heterocycles. The number of carbonyl (C=O) groups excluding carboxylic acids is 1. The zero-order valence-electron chi connectivity index (χ0n) is 11.2. The normalized spacial score (nSPS) is 18.6. The van der Waals surface area contributed by atoms with E-state index in [4.69, 9.17) is 5.73 Å². The average Bonchev–Trinajstić information content (AvgIpc) is 2.47. The highest BCUT2D eigenvalue weighted by molar-refractivity contribution is 5.97. The molecule has 1 aromatic carbocycles. The Kier molecular flexibility index (Phi) is 4.54. The molecule has 2 rings (SSSR count). The zero-order valence-corrected chi connectivity index (χ0v) is 11.2. The van der Waals surface area contributed by atoms with Gasteiger partial charge in [-0.2, -0.15) is 0 Å². The van der Waals surface area contributed by atoms with Crippen molar-refractivity contribution in [3.63, 3.8) is 0 Å². The van der Waals surface area contributed by atoms with Gasteiger partial charge in [0.2, 0.25) is 0 Å². The Morgan fingerprint density at radius 1 is 1.22 bits per heavy atom. The minimum atomic E-state index is -0.0782. The molecule has 0 heterocycles. The highest BCUT2D eigenvalue weighted by atomic mass is 16.1. The third kappa shape index (κ3) is 2.99. The van der Waals surface area contributed by atoms with Crippen molar-refractivity contribution in [2.45, 2.75) is 44.9 Å². The molecule has 1 atom stereocenters. The van der Waals surface area contributed by atoms with Gasteiger partial charge in [0.05, 0.1) is 0 Å². The van der Waals surface area contributed by atoms with E-state index in [2.05, 4.69) is 12.1 Å². The number of rotatable bonds is 4. The maximum absolute atomic E-state index is 12.0. The quantitative estimate of drug-likeness (QED) is 0.825. The molecule has 1 saturated carbocycles. The van der Waals surface area contributed by atoms with E-state index in [1.54, 1.807) is 0 Å². The maximum Gasteiger partial charge on any atom is 0.166 e. The van der Waals surface area contributed by atoms with Crippen LogP contribution in [0.1, 0.15) is 60.9 Å². The molecule has 2 N–H and O–H groups in total. The number of ketones is 1. The maximum atomic E-state index is 12.0. The van der Waals surface area contributed by atoms with Crippen molar-refractivity contribution in [2.24, 2.45) is 11.7 Å². The topological polar surface area (TPSA) is 43.1 Å². The summed E-state index contributed by atoms with van der Waals surface area (Å²) in [6.07, 6.45) is 6.66. The second-order valence-corrected chi connectivity index (χ2v) is 5.46. The average molecular weight is 245 g/mol. The van der Waals surface area contributed by atoms with E-state index in [0.29, 0.717) is 12.5 Å². The van der Waals surface area contributed by atoms with Gasteiger partial charge in [0.15, 0.2) is 5.78 Å². The van der Waals surface area contributed by atoms with Crippen LogP contribution in [-0.4, -0.2) is 12.3 Å². The van der Waals surface area contributed by atoms with E-state index in [0.717, 1.165) is 5.56 Å². The Hall–Kier alpha value is -1.15. The summed E-state index contributed by atoms with van der Waals surface area (Å²) in [5.74, 6) is 0.785. The van der Waals surface area contributed by atoms with Crippen molar-refractivity contribution >= 4 is 5.78 Å². The number of benzene rings is 1. The lowest BCUT2D eigenvalue weighted by molar-refractivity contribution is 0.0934. The molecule has 2 nitrogen and oxygen atoms in total. The van der Waals surface area contributed by atoms with Gasteiger partial charge in [-0.05, 0) is 24.3 Å². The number of Topliss-reactive ketones (excluding diaryl/α,β-unsaturated/α-hetero) is 1. The lowest BCUT2D eigenvalue weighted by atomic mass is 9.83. The molecule has 0 aliphatic heterocycles. The molecule has 0 saturated heterocycles. The van der Waals surface area contributed by atoms with Crippen LogP contribution in [0.3, 0.4) is 0 Å². The second-order valence-electron chi connectivity index (χ2n) is 5.46. The SMILES string of the molecule is CC(CN)C(=O)c1ccc(C2CCCCC2)cc1. The number of nitrogens with two attached hydrogens (primary N) is 1. The van der Waals surface area contributed by atoms with E-state index >= 15 is 0 Å². The minimum Gasteiger partial charge on any atom is -0.330 e. The molecule has 2 heteroatoms. The smallest absolute Gasteiger partial charge is 0.166 e. The fourth-order valence-corrected chi connectivity index (χ4v) is 2.75. The predicted molar refractivity (Wildman–Crippen MR) is 74.8 cm³/mol. The van der Waals surface area contributed by atoms with E-state index in [1.165, 1.54) is 37.7 Å². The summed E-state index contributed by atoms with van der Waals surface area (Å²) in [6, 6.07) is 8.20. The van der Waals surface area contributed by atoms with Gasteiger partial charge in [-0.25, -0.2) is 0 Å².